The molecule has 0 aliphatic carbocycles. The molecule has 0 aliphatic heterocycles. The Balaban J connectivity index is 1.61. The standard InChI is InChI=1S/C23H23NO4/c1-24(23(25)13-11-20-9-6-14-27-20)16-19-10-12-21(22(15-19)26-2)28-17-18-7-4-3-5-8-18/h3-15H,16-17H2,1-2H3. The average Bonchev–Trinajstić information content (AvgIpc) is 3.25. The summed E-state index contributed by atoms with van der Waals surface area (Å²) >= 11 is 0. The van der Waals surface area contributed by atoms with E-state index in [0.29, 0.717) is 30.4 Å². The van der Waals surface area contributed by atoms with Crippen molar-refractivity contribution < 1.29 is 18.7 Å². The molecular weight excluding hydrogens is 354 g/mol. The van der Waals surface area contributed by atoms with Crippen LogP contribution in [0.25, 0.3) is 6.08 Å². The van der Waals surface area contributed by atoms with E-state index in [1.807, 2.05) is 48.5 Å². The lowest BCUT2D eigenvalue weighted by Crippen LogP contribution is -2.24. The van der Waals surface area contributed by atoms with E-state index in [1.54, 1.807) is 43.5 Å². The van der Waals surface area contributed by atoms with Crippen molar-refractivity contribution in [2.45, 2.75) is 13.2 Å². The maximum atomic E-state index is 12.3. The van der Waals surface area contributed by atoms with Crippen LogP contribution in [0.4, 0.5) is 0 Å². The van der Waals surface area contributed by atoms with Crippen LogP contribution in [0.5, 0.6) is 11.5 Å². The number of likely N-dealkylation sites (N-methyl/N-ethyl adjacent to an activating group) is 1. The van der Waals surface area contributed by atoms with E-state index >= 15 is 0 Å². The molecule has 1 amide bonds. The second-order valence-corrected chi connectivity index (χ2v) is 6.30. The van der Waals surface area contributed by atoms with Gasteiger partial charge in [-0.05, 0) is 41.5 Å². The molecular formula is C23H23NO4. The van der Waals surface area contributed by atoms with Gasteiger partial charge in [-0.2, -0.15) is 0 Å². The molecule has 0 unspecified atom stereocenters. The van der Waals surface area contributed by atoms with E-state index in [0.717, 1.165) is 11.1 Å². The maximum absolute atomic E-state index is 12.3. The van der Waals surface area contributed by atoms with Crippen LogP contribution in [0.1, 0.15) is 16.9 Å². The third-order valence-corrected chi connectivity index (χ3v) is 4.19. The van der Waals surface area contributed by atoms with Gasteiger partial charge in [-0.3, -0.25) is 4.79 Å². The maximum Gasteiger partial charge on any atom is 0.246 e. The smallest absolute Gasteiger partial charge is 0.246 e. The van der Waals surface area contributed by atoms with Crippen LogP contribution < -0.4 is 9.47 Å². The van der Waals surface area contributed by atoms with Crippen molar-refractivity contribution in [3.63, 3.8) is 0 Å². The molecule has 0 radical (unpaired) electrons. The van der Waals surface area contributed by atoms with Gasteiger partial charge in [0.05, 0.1) is 13.4 Å². The number of benzene rings is 2. The molecule has 0 saturated heterocycles. The monoisotopic (exact) mass is 377 g/mol. The predicted octanol–water partition coefficient (Wildman–Crippen LogP) is 4.54. The number of nitrogens with zero attached hydrogens (tertiary/aromatic N) is 1. The molecule has 1 heterocycles. The Morgan fingerprint density at radius 1 is 1.04 bits per heavy atom. The van der Waals surface area contributed by atoms with E-state index in [4.69, 9.17) is 13.9 Å². The predicted molar refractivity (Wildman–Crippen MR) is 108 cm³/mol. The van der Waals surface area contributed by atoms with Crippen LogP contribution in [-0.4, -0.2) is 25.0 Å². The Labute approximate surface area is 164 Å². The van der Waals surface area contributed by atoms with Gasteiger partial charge in [0.2, 0.25) is 5.91 Å². The van der Waals surface area contributed by atoms with Gasteiger partial charge >= 0.3 is 0 Å². The Morgan fingerprint density at radius 3 is 2.57 bits per heavy atom. The van der Waals surface area contributed by atoms with Gasteiger partial charge in [-0.25, -0.2) is 0 Å². The van der Waals surface area contributed by atoms with Crippen LogP contribution >= 0.6 is 0 Å². The molecule has 1 aromatic heterocycles. The summed E-state index contributed by atoms with van der Waals surface area (Å²) in [6.07, 6.45) is 4.72. The Kier molecular flexibility index (Phi) is 6.52. The van der Waals surface area contributed by atoms with Gasteiger partial charge in [0.25, 0.3) is 0 Å². The molecule has 5 nitrogen and oxygen atoms in total. The second-order valence-electron chi connectivity index (χ2n) is 6.30. The lowest BCUT2D eigenvalue weighted by Gasteiger charge is -2.17. The van der Waals surface area contributed by atoms with Crippen LogP contribution in [0.3, 0.4) is 0 Å². The van der Waals surface area contributed by atoms with Gasteiger partial charge < -0.3 is 18.8 Å². The average molecular weight is 377 g/mol. The molecule has 28 heavy (non-hydrogen) atoms. The molecule has 0 fully saturated rings. The summed E-state index contributed by atoms with van der Waals surface area (Å²) in [4.78, 5) is 13.9. The van der Waals surface area contributed by atoms with Crippen molar-refractivity contribution in [1.29, 1.82) is 0 Å². The van der Waals surface area contributed by atoms with E-state index in [-0.39, 0.29) is 5.91 Å². The number of furan rings is 1. The van der Waals surface area contributed by atoms with E-state index < -0.39 is 0 Å². The minimum Gasteiger partial charge on any atom is -0.493 e. The first-order chi connectivity index (χ1) is 13.7. The van der Waals surface area contributed by atoms with Gasteiger partial charge in [0.1, 0.15) is 12.4 Å². The molecule has 0 spiro atoms. The van der Waals surface area contributed by atoms with Crippen molar-refractivity contribution in [2.24, 2.45) is 0 Å². The summed E-state index contributed by atoms with van der Waals surface area (Å²) in [5.41, 5.74) is 2.04. The lowest BCUT2D eigenvalue weighted by molar-refractivity contribution is -0.125. The molecule has 0 atom stereocenters. The molecule has 2 aromatic carbocycles. The summed E-state index contributed by atoms with van der Waals surface area (Å²) in [5, 5.41) is 0. The summed E-state index contributed by atoms with van der Waals surface area (Å²) in [6, 6.07) is 19.2. The lowest BCUT2D eigenvalue weighted by atomic mass is 10.2. The minimum absolute atomic E-state index is 0.111. The number of methoxy groups -OCH3 is 1. The highest BCUT2D eigenvalue weighted by Gasteiger charge is 2.10. The molecule has 3 aromatic rings. The van der Waals surface area contributed by atoms with E-state index in [9.17, 15) is 4.79 Å². The van der Waals surface area contributed by atoms with Gasteiger partial charge in [0.15, 0.2) is 11.5 Å². The normalized spacial score (nSPS) is 10.8. The topological polar surface area (TPSA) is 51.9 Å². The summed E-state index contributed by atoms with van der Waals surface area (Å²) in [7, 11) is 3.36. The van der Waals surface area contributed by atoms with Crippen LogP contribution in [0.15, 0.2) is 77.4 Å². The number of carbonyl (C=O) groups is 1. The largest absolute Gasteiger partial charge is 0.493 e. The SMILES string of the molecule is COc1cc(CN(C)C(=O)C=Cc2ccco2)ccc1OCc1ccccc1. The second kappa shape index (κ2) is 9.46. The van der Waals surface area contributed by atoms with Crippen LogP contribution in [0.2, 0.25) is 0 Å². The first-order valence-corrected chi connectivity index (χ1v) is 8.96. The Morgan fingerprint density at radius 2 is 1.86 bits per heavy atom. The fourth-order valence-electron chi connectivity index (χ4n) is 2.68. The quantitative estimate of drug-likeness (QED) is 0.541. The highest BCUT2D eigenvalue weighted by molar-refractivity contribution is 5.91. The molecule has 0 aliphatic rings. The van der Waals surface area contributed by atoms with Gasteiger partial charge in [0, 0.05) is 19.7 Å². The fraction of sp³-hybridized carbons (Fsp3) is 0.174. The van der Waals surface area contributed by atoms with Crippen molar-refractivity contribution in [1.82, 2.24) is 4.90 Å². The summed E-state index contributed by atoms with van der Waals surface area (Å²) in [6.45, 7) is 0.920. The molecule has 0 N–H and O–H groups in total. The zero-order valence-corrected chi connectivity index (χ0v) is 16.0. The molecule has 0 bridgehead atoms. The Hall–Kier alpha value is -3.47. The van der Waals surface area contributed by atoms with Crippen LogP contribution in [-0.2, 0) is 17.9 Å². The number of hydrogen-bond acceptors (Lipinski definition) is 4. The van der Waals surface area contributed by atoms with Crippen molar-refractivity contribution in [3.8, 4) is 11.5 Å². The molecule has 144 valence electrons. The Bertz CT molecular complexity index is 917. The number of ether oxygens (including phenoxy) is 2. The van der Waals surface area contributed by atoms with Crippen molar-refractivity contribution in [3.05, 3.63) is 89.9 Å². The zero-order valence-electron chi connectivity index (χ0n) is 16.0. The number of carbonyl (C=O) groups excluding carboxylic acids is 1. The first-order valence-electron chi connectivity index (χ1n) is 8.96. The fourth-order valence-corrected chi connectivity index (χ4v) is 2.68. The van der Waals surface area contributed by atoms with E-state index in [2.05, 4.69) is 0 Å². The molecule has 3 rings (SSSR count). The number of rotatable bonds is 8. The first kappa shape index (κ1) is 19.3. The third kappa shape index (κ3) is 5.27. The van der Waals surface area contributed by atoms with Crippen LogP contribution in [0, 0.1) is 0 Å². The van der Waals surface area contributed by atoms with Gasteiger partial charge in [-0.1, -0.05) is 36.4 Å². The number of hydrogen-bond donors (Lipinski definition) is 0. The molecule has 5 heteroatoms. The summed E-state index contributed by atoms with van der Waals surface area (Å²) < 4.78 is 16.5. The number of amides is 1. The third-order valence-electron chi connectivity index (χ3n) is 4.19. The van der Waals surface area contributed by atoms with Crippen molar-refractivity contribution in [2.75, 3.05) is 14.2 Å². The van der Waals surface area contributed by atoms with Crippen molar-refractivity contribution >= 4 is 12.0 Å². The zero-order chi connectivity index (χ0) is 19.8. The van der Waals surface area contributed by atoms with E-state index in [1.165, 1.54) is 6.08 Å². The highest BCUT2D eigenvalue weighted by atomic mass is 16.5. The minimum atomic E-state index is -0.111. The molecule has 0 saturated carbocycles. The summed E-state index contributed by atoms with van der Waals surface area (Å²) in [5.74, 6) is 1.84. The van der Waals surface area contributed by atoms with Gasteiger partial charge in [-0.15, -0.1) is 0 Å². The highest BCUT2D eigenvalue weighted by Crippen LogP contribution is 2.29.